The fraction of sp³-hybridized carbons (Fsp3) is 0.348. The van der Waals surface area contributed by atoms with Crippen LogP contribution in [0.2, 0.25) is 0 Å². The van der Waals surface area contributed by atoms with E-state index in [0.717, 1.165) is 21.8 Å². The van der Waals surface area contributed by atoms with Crippen LogP contribution < -0.4 is 5.32 Å². The minimum Gasteiger partial charge on any atom is -0.351 e. The molecule has 2 heterocycles. The Kier molecular flexibility index (Phi) is 7.04. The molecule has 1 aliphatic rings. The highest BCUT2D eigenvalue weighted by atomic mass is 32.2. The number of carbonyl (C=O) groups excluding carboxylic acids is 2. The first-order valence-corrected chi connectivity index (χ1v) is 13.6. The van der Waals surface area contributed by atoms with E-state index in [1.54, 1.807) is 23.9 Å². The summed E-state index contributed by atoms with van der Waals surface area (Å²) in [5.41, 5.74) is 3.49. The van der Waals surface area contributed by atoms with Crippen molar-refractivity contribution in [3.05, 3.63) is 59.7 Å². The first kappa shape index (κ1) is 23.3. The lowest BCUT2D eigenvalue weighted by Crippen LogP contribution is -2.44. The van der Waals surface area contributed by atoms with E-state index < -0.39 is 9.84 Å². The molecule has 4 rings (SSSR count). The first-order chi connectivity index (χ1) is 15.8. The van der Waals surface area contributed by atoms with Crippen LogP contribution in [0.1, 0.15) is 29.3 Å². The maximum absolute atomic E-state index is 12.9. The van der Waals surface area contributed by atoms with E-state index in [2.05, 4.69) is 15.3 Å². The molecule has 2 aromatic carbocycles. The molecule has 1 fully saturated rings. The number of carbonyl (C=O) groups is 2. The summed E-state index contributed by atoms with van der Waals surface area (Å²) in [5, 5.41) is 3.58. The van der Waals surface area contributed by atoms with Crippen molar-refractivity contribution in [3.63, 3.8) is 0 Å². The molecule has 8 nitrogen and oxygen atoms in total. The molecule has 33 heavy (non-hydrogen) atoms. The number of benzene rings is 2. The van der Waals surface area contributed by atoms with Crippen molar-refractivity contribution in [2.24, 2.45) is 0 Å². The summed E-state index contributed by atoms with van der Waals surface area (Å²) in [6, 6.07) is 14.8. The van der Waals surface area contributed by atoms with Crippen LogP contribution in [0.3, 0.4) is 0 Å². The minimum absolute atomic E-state index is 0.0354. The Balaban J connectivity index is 1.31. The summed E-state index contributed by atoms with van der Waals surface area (Å²) in [5.74, 6) is 0.189. The molecule has 1 saturated heterocycles. The number of hydrogen-bond acceptors (Lipinski definition) is 6. The number of nitrogens with one attached hydrogen (secondary N) is 2. The second kappa shape index (κ2) is 9.96. The fourth-order valence-corrected chi connectivity index (χ4v) is 6.27. The Bertz CT molecular complexity index is 1220. The second-order valence-electron chi connectivity index (χ2n) is 8.03. The molecule has 3 aromatic rings. The smallest absolute Gasteiger partial charge is 0.254 e. The average Bonchev–Trinajstić information content (AvgIpc) is 3.37. The van der Waals surface area contributed by atoms with Gasteiger partial charge in [-0.25, -0.2) is 13.4 Å². The summed E-state index contributed by atoms with van der Waals surface area (Å²) in [7, 11) is -3.07. The van der Waals surface area contributed by atoms with Gasteiger partial charge in [0.05, 0.1) is 29.1 Å². The summed E-state index contributed by atoms with van der Waals surface area (Å²) in [4.78, 5) is 34.5. The Morgan fingerprint density at radius 2 is 1.94 bits per heavy atom. The van der Waals surface area contributed by atoms with Gasteiger partial charge < -0.3 is 15.2 Å². The molecule has 2 N–H and O–H groups in total. The molecule has 0 radical (unpaired) electrons. The fourth-order valence-electron chi connectivity index (χ4n) is 3.76. The maximum Gasteiger partial charge on any atom is 0.254 e. The van der Waals surface area contributed by atoms with Gasteiger partial charge in [0, 0.05) is 23.9 Å². The molecule has 0 saturated carbocycles. The van der Waals surface area contributed by atoms with Crippen LogP contribution in [-0.2, 0) is 20.4 Å². The van der Waals surface area contributed by atoms with Gasteiger partial charge in [-0.3, -0.25) is 9.59 Å². The van der Waals surface area contributed by atoms with Gasteiger partial charge in [-0.2, -0.15) is 0 Å². The van der Waals surface area contributed by atoms with Crippen LogP contribution in [0, 0.1) is 0 Å². The molecule has 2 amide bonds. The van der Waals surface area contributed by atoms with E-state index in [-0.39, 0.29) is 35.9 Å². The standard InChI is InChI=1S/C23H26N4O4S2/c1-2-27(13-21(28)24-18-11-12-33(30,31)15-18)22(29)17-9-7-16(8-10-17)14-32-23-25-19-5-3-4-6-20(19)26-23/h3-10,18H,2,11-15H2,1H3,(H,24,28)(H,25,26)/t18-/m0/s1. The normalized spacial score (nSPS) is 17.2. The molecule has 10 heteroatoms. The highest BCUT2D eigenvalue weighted by Crippen LogP contribution is 2.23. The van der Waals surface area contributed by atoms with Gasteiger partial charge in [0.25, 0.3) is 5.91 Å². The number of hydrogen-bond donors (Lipinski definition) is 2. The van der Waals surface area contributed by atoms with Crippen molar-refractivity contribution in [1.29, 1.82) is 0 Å². The number of para-hydroxylation sites is 2. The topological polar surface area (TPSA) is 112 Å². The zero-order chi connectivity index (χ0) is 23.4. The summed E-state index contributed by atoms with van der Waals surface area (Å²) < 4.78 is 23.1. The lowest BCUT2D eigenvalue weighted by Gasteiger charge is -2.21. The molecule has 0 aliphatic carbocycles. The van der Waals surface area contributed by atoms with Crippen molar-refractivity contribution in [2.45, 2.75) is 30.3 Å². The third-order valence-corrected chi connectivity index (χ3v) is 8.26. The quantitative estimate of drug-likeness (QED) is 0.474. The number of sulfone groups is 1. The van der Waals surface area contributed by atoms with E-state index in [1.165, 1.54) is 4.90 Å². The van der Waals surface area contributed by atoms with Crippen molar-refractivity contribution >= 4 is 44.4 Å². The van der Waals surface area contributed by atoms with Crippen molar-refractivity contribution in [1.82, 2.24) is 20.2 Å². The number of aromatic amines is 1. The molecular weight excluding hydrogens is 460 g/mol. The van der Waals surface area contributed by atoms with Gasteiger partial charge in [-0.05, 0) is 43.2 Å². The molecule has 174 valence electrons. The van der Waals surface area contributed by atoms with E-state index in [0.29, 0.717) is 24.3 Å². The lowest BCUT2D eigenvalue weighted by molar-refractivity contribution is -0.122. The maximum atomic E-state index is 12.9. The molecule has 0 spiro atoms. The second-order valence-corrected chi connectivity index (χ2v) is 11.2. The Morgan fingerprint density at radius 3 is 2.61 bits per heavy atom. The highest BCUT2D eigenvalue weighted by Gasteiger charge is 2.29. The molecule has 1 atom stereocenters. The third kappa shape index (κ3) is 5.94. The zero-order valence-electron chi connectivity index (χ0n) is 18.3. The van der Waals surface area contributed by atoms with E-state index in [4.69, 9.17) is 0 Å². The first-order valence-electron chi connectivity index (χ1n) is 10.8. The number of nitrogens with zero attached hydrogens (tertiary/aromatic N) is 2. The summed E-state index contributed by atoms with van der Waals surface area (Å²) >= 11 is 1.59. The summed E-state index contributed by atoms with van der Waals surface area (Å²) in [6.45, 7) is 2.08. The third-order valence-electron chi connectivity index (χ3n) is 5.55. The monoisotopic (exact) mass is 486 g/mol. The van der Waals surface area contributed by atoms with Crippen molar-refractivity contribution in [2.75, 3.05) is 24.6 Å². The molecule has 0 bridgehead atoms. The van der Waals surface area contributed by atoms with Gasteiger partial charge in [-0.15, -0.1) is 0 Å². The molecule has 0 unspecified atom stereocenters. The summed E-state index contributed by atoms with van der Waals surface area (Å²) in [6.07, 6.45) is 0.418. The van der Waals surface area contributed by atoms with Crippen LogP contribution in [0.5, 0.6) is 0 Å². The number of rotatable bonds is 8. The Labute approximate surface area is 197 Å². The SMILES string of the molecule is CCN(CC(=O)N[C@H]1CCS(=O)(=O)C1)C(=O)c1ccc(CSc2nc3ccccc3[nH]2)cc1. The molecule has 1 aromatic heterocycles. The van der Waals surface area contributed by atoms with Gasteiger partial charge >= 0.3 is 0 Å². The van der Waals surface area contributed by atoms with E-state index >= 15 is 0 Å². The van der Waals surface area contributed by atoms with Crippen LogP contribution in [0.15, 0.2) is 53.7 Å². The number of likely N-dealkylation sites (N-methyl/N-ethyl adjacent to an activating group) is 1. The number of imidazole rings is 1. The lowest BCUT2D eigenvalue weighted by atomic mass is 10.1. The minimum atomic E-state index is -3.07. The van der Waals surface area contributed by atoms with Gasteiger partial charge in [0.15, 0.2) is 15.0 Å². The van der Waals surface area contributed by atoms with E-state index in [9.17, 15) is 18.0 Å². The largest absolute Gasteiger partial charge is 0.351 e. The van der Waals surface area contributed by atoms with Gasteiger partial charge in [0.1, 0.15) is 0 Å². The van der Waals surface area contributed by atoms with Crippen LogP contribution >= 0.6 is 11.8 Å². The molecular formula is C23H26N4O4S2. The van der Waals surface area contributed by atoms with Crippen molar-refractivity contribution in [3.8, 4) is 0 Å². The number of aromatic nitrogens is 2. The highest BCUT2D eigenvalue weighted by molar-refractivity contribution is 7.98. The number of H-pyrrole nitrogens is 1. The predicted octanol–water partition coefficient (Wildman–Crippen LogP) is 2.62. The van der Waals surface area contributed by atoms with E-state index in [1.807, 2.05) is 43.3 Å². The Hall–Kier alpha value is -2.85. The number of fused-ring (bicyclic) bond motifs is 1. The van der Waals surface area contributed by atoms with Gasteiger partial charge in [0.2, 0.25) is 5.91 Å². The average molecular weight is 487 g/mol. The van der Waals surface area contributed by atoms with Crippen LogP contribution in [-0.4, -0.2) is 65.7 Å². The number of thioether (sulfide) groups is 1. The van der Waals surface area contributed by atoms with Gasteiger partial charge in [-0.1, -0.05) is 36.0 Å². The predicted molar refractivity (Wildman–Crippen MR) is 129 cm³/mol. The van der Waals surface area contributed by atoms with Crippen molar-refractivity contribution < 1.29 is 18.0 Å². The van der Waals surface area contributed by atoms with Crippen LogP contribution in [0.4, 0.5) is 0 Å². The Morgan fingerprint density at radius 1 is 1.18 bits per heavy atom. The molecule has 1 aliphatic heterocycles. The van der Waals surface area contributed by atoms with Crippen LogP contribution in [0.25, 0.3) is 11.0 Å². The number of amides is 2. The zero-order valence-corrected chi connectivity index (χ0v) is 19.9.